The minimum absolute atomic E-state index is 0. The highest BCUT2D eigenvalue weighted by Crippen LogP contribution is 2.27. The van der Waals surface area contributed by atoms with Gasteiger partial charge in [0.05, 0.1) is 0 Å². The number of hydrogen-bond donors (Lipinski definition) is 2. The number of carbonyl (C=O) groups excluding carboxylic acids is 2. The van der Waals surface area contributed by atoms with Crippen LogP contribution in [0.4, 0.5) is 5.69 Å². The molecule has 1 aromatic carbocycles. The molecule has 0 bridgehead atoms. The molecule has 2 rings (SSSR count). The van der Waals surface area contributed by atoms with E-state index >= 15 is 0 Å². The van der Waals surface area contributed by atoms with E-state index in [-0.39, 0.29) is 30.3 Å². The van der Waals surface area contributed by atoms with Crippen molar-refractivity contribution in [1.82, 2.24) is 5.32 Å². The van der Waals surface area contributed by atoms with Crippen LogP contribution in [0.15, 0.2) is 24.3 Å². The van der Waals surface area contributed by atoms with Crippen LogP contribution in [0.2, 0.25) is 0 Å². The number of anilines is 1. The smallest absolute Gasteiger partial charge is 0.227 e. The van der Waals surface area contributed by atoms with Gasteiger partial charge in [0, 0.05) is 37.7 Å². The maximum absolute atomic E-state index is 12.1. The zero-order chi connectivity index (χ0) is 15.2. The average molecular weight is 326 g/mol. The summed E-state index contributed by atoms with van der Waals surface area (Å²) in [5, 5.41) is 2.84. The Balaban J connectivity index is 0.00000242. The van der Waals surface area contributed by atoms with Crippen molar-refractivity contribution in [3.63, 3.8) is 0 Å². The van der Waals surface area contributed by atoms with Gasteiger partial charge in [-0.15, -0.1) is 12.4 Å². The summed E-state index contributed by atoms with van der Waals surface area (Å²) < 4.78 is 0. The van der Waals surface area contributed by atoms with Crippen molar-refractivity contribution in [3.8, 4) is 0 Å². The highest BCUT2D eigenvalue weighted by molar-refractivity contribution is 5.96. The molecule has 1 aliphatic rings. The molecule has 1 heterocycles. The summed E-state index contributed by atoms with van der Waals surface area (Å²) in [6.07, 6.45) is 2.38. The van der Waals surface area contributed by atoms with Gasteiger partial charge in [0.1, 0.15) is 0 Å². The van der Waals surface area contributed by atoms with Crippen LogP contribution in [0.5, 0.6) is 0 Å². The van der Waals surface area contributed by atoms with Gasteiger partial charge in [-0.25, -0.2) is 0 Å². The fraction of sp³-hybridized carbons (Fsp3) is 0.500. The largest absolute Gasteiger partial charge is 0.356 e. The Kier molecular flexibility index (Phi) is 7.35. The second-order valence-corrected chi connectivity index (χ2v) is 5.54. The van der Waals surface area contributed by atoms with E-state index in [4.69, 9.17) is 5.73 Å². The quantitative estimate of drug-likeness (QED) is 0.834. The summed E-state index contributed by atoms with van der Waals surface area (Å²) in [5.74, 6) is 0.0589. The van der Waals surface area contributed by atoms with Crippen LogP contribution in [-0.2, 0) is 16.0 Å². The molecule has 0 saturated carbocycles. The van der Waals surface area contributed by atoms with Crippen molar-refractivity contribution in [1.29, 1.82) is 0 Å². The molecule has 22 heavy (non-hydrogen) atoms. The monoisotopic (exact) mass is 325 g/mol. The zero-order valence-corrected chi connectivity index (χ0v) is 13.7. The highest BCUT2D eigenvalue weighted by Gasteiger charge is 2.23. The number of rotatable bonds is 6. The Morgan fingerprint density at radius 3 is 2.82 bits per heavy atom. The molecule has 2 amide bonds. The van der Waals surface area contributed by atoms with E-state index in [0.717, 1.165) is 18.5 Å². The molecule has 0 spiro atoms. The molecule has 1 atom stereocenters. The summed E-state index contributed by atoms with van der Waals surface area (Å²) in [7, 11) is 0. The van der Waals surface area contributed by atoms with E-state index in [9.17, 15) is 9.59 Å². The van der Waals surface area contributed by atoms with Crippen molar-refractivity contribution < 1.29 is 9.59 Å². The Bertz CT molecular complexity index is 520. The third-order valence-corrected chi connectivity index (χ3v) is 3.68. The van der Waals surface area contributed by atoms with Gasteiger partial charge < -0.3 is 16.0 Å². The van der Waals surface area contributed by atoms with E-state index in [1.807, 2.05) is 31.2 Å². The normalized spacial score (nSPS) is 14.8. The number of fused-ring (bicyclic) bond motifs is 1. The van der Waals surface area contributed by atoms with Crippen LogP contribution in [0.3, 0.4) is 0 Å². The highest BCUT2D eigenvalue weighted by atomic mass is 35.5. The first-order valence-corrected chi connectivity index (χ1v) is 7.48. The van der Waals surface area contributed by atoms with Crippen LogP contribution in [0, 0.1) is 0 Å². The van der Waals surface area contributed by atoms with Crippen molar-refractivity contribution in [2.75, 3.05) is 18.0 Å². The zero-order valence-electron chi connectivity index (χ0n) is 12.9. The summed E-state index contributed by atoms with van der Waals surface area (Å²) in [6.45, 7) is 2.93. The Labute approximate surface area is 137 Å². The van der Waals surface area contributed by atoms with E-state index < -0.39 is 0 Å². The van der Waals surface area contributed by atoms with Gasteiger partial charge in [-0.05, 0) is 31.4 Å². The summed E-state index contributed by atoms with van der Waals surface area (Å²) >= 11 is 0. The van der Waals surface area contributed by atoms with Gasteiger partial charge in [-0.2, -0.15) is 0 Å². The van der Waals surface area contributed by atoms with E-state index in [1.54, 1.807) is 4.90 Å². The number of halogens is 1. The minimum atomic E-state index is -0.0356. The molecule has 3 N–H and O–H groups in total. The van der Waals surface area contributed by atoms with Crippen LogP contribution < -0.4 is 16.0 Å². The summed E-state index contributed by atoms with van der Waals surface area (Å²) in [6, 6.07) is 7.97. The number of nitrogens with zero attached hydrogens (tertiary/aromatic N) is 1. The number of carbonyl (C=O) groups is 2. The Morgan fingerprint density at radius 2 is 2.09 bits per heavy atom. The summed E-state index contributed by atoms with van der Waals surface area (Å²) in [4.78, 5) is 25.6. The molecule has 0 radical (unpaired) electrons. The number of nitrogens with one attached hydrogen (secondary N) is 1. The molecule has 122 valence electrons. The Morgan fingerprint density at radius 1 is 1.36 bits per heavy atom. The van der Waals surface area contributed by atoms with Gasteiger partial charge in [-0.3, -0.25) is 9.59 Å². The number of para-hydroxylation sites is 1. The van der Waals surface area contributed by atoms with Gasteiger partial charge in [0.15, 0.2) is 0 Å². The molecule has 1 aliphatic heterocycles. The van der Waals surface area contributed by atoms with Crippen molar-refractivity contribution in [2.24, 2.45) is 5.73 Å². The third kappa shape index (κ3) is 5.00. The molecule has 1 aromatic rings. The molecular weight excluding hydrogens is 302 g/mol. The lowest BCUT2D eigenvalue weighted by Gasteiger charge is -2.29. The first kappa shape index (κ1) is 18.5. The molecule has 5 nitrogen and oxygen atoms in total. The predicted octanol–water partition coefficient (Wildman–Crippen LogP) is 1.63. The lowest BCUT2D eigenvalue weighted by Crippen LogP contribution is -2.38. The van der Waals surface area contributed by atoms with Crippen LogP contribution >= 0.6 is 12.4 Å². The molecule has 6 heteroatoms. The van der Waals surface area contributed by atoms with E-state index in [0.29, 0.717) is 25.9 Å². The fourth-order valence-electron chi connectivity index (χ4n) is 2.48. The second kappa shape index (κ2) is 8.76. The van der Waals surface area contributed by atoms with Crippen LogP contribution in [0.1, 0.15) is 31.7 Å². The molecular formula is C16H24ClN3O2. The fourth-order valence-corrected chi connectivity index (χ4v) is 2.48. The second-order valence-electron chi connectivity index (χ2n) is 5.54. The van der Waals surface area contributed by atoms with Crippen LogP contribution in [0.25, 0.3) is 0 Å². The van der Waals surface area contributed by atoms with Crippen molar-refractivity contribution >= 4 is 29.9 Å². The number of benzene rings is 1. The molecule has 0 aliphatic carbocycles. The standard InChI is InChI=1S/C16H23N3O2.ClH/c1-12(17)8-10-18-15(20)9-11-19-14-5-3-2-4-13(14)6-7-16(19)21;/h2-5,12H,6-11,17H2,1H3,(H,18,20);1H. The first-order chi connectivity index (χ1) is 10.1. The van der Waals surface area contributed by atoms with Gasteiger partial charge >= 0.3 is 0 Å². The van der Waals surface area contributed by atoms with Crippen molar-refractivity contribution in [2.45, 2.75) is 38.6 Å². The SMILES string of the molecule is CC(N)CCNC(=O)CCN1C(=O)CCc2ccccc21.Cl. The first-order valence-electron chi connectivity index (χ1n) is 7.48. The average Bonchev–Trinajstić information content (AvgIpc) is 2.46. The van der Waals surface area contributed by atoms with Gasteiger partial charge in [0.25, 0.3) is 0 Å². The summed E-state index contributed by atoms with van der Waals surface area (Å²) in [5.41, 5.74) is 7.75. The lowest BCUT2D eigenvalue weighted by atomic mass is 10.0. The number of nitrogens with two attached hydrogens (primary N) is 1. The molecule has 0 fully saturated rings. The lowest BCUT2D eigenvalue weighted by molar-refractivity contribution is -0.121. The van der Waals surface area contributed by atoms with Gasteiger partial charge in [0.2, 0.25) is 11.8 Å². The van der Waals surface area contributed by atoms with E-state index in [1.165, 1.54) is 5.56 Å². The molecule has 0 saturated heterocycles. The number of hydrogen-bond acceptors (Lipinski definition) is 3. The predicted molar refractivity (Wildman–Crippen MR) is 90.3 cm³/mol. The molecule has 0 aromatic heterocycles. The minimum Gasteiger partial charge on any atom is -0.356 e. The molecule has 1 unspecified atom stereocenters. The van der Waals surface area contributed by atoms with Crippen molar-refractivity contribution in [3.05, 3.63) is 29.8 Å². The van der Waals surface area contributed by atoms with E-state index in [2.05, 4.69) is 5.32 Å². The maximum atomic E-state index is 12.1. The maximum Gasteiger partial charge on any atom is 0.227 e. The van der Waals surface area contributed by atoms with Crippen LogP contribution in [-0.4, -0.2) is 30.9 Å². The third-order valence-electron chi connectivity index (χ3n) is 3.68. The number of aryl methyl sites for hydroxylation is 1. The topological polar surface area (TPSA) is 75.4 Å². The Hall–Kier alpha value is -1.59. The number of amides is 2. The van der Waals surface area contributed by atoms with Gasteiger partial charge in [-0.1, -0.05) is 18.2 Å².